The number of hydrogen-bond donors (Lipinski definition) is 3. The highest BCUT2D eigenvalue weighted by Gasteiger charge is 2.33. The van der Waals surface area contributed by atoms with Crippen LogP contribution in [0.2, 0.25) is 0 Å². The van der Waals surface area contributed by atoms with E-state index in [1.165, 1.54) is 0 Å². The lowest BCUT2D eigenvalue weighted by molar-refractivity contribution is -0.131. The molecule has 2 aromatic rings. The second-order valence-electron chi connectivity index (χ2n) is 6.02. The fourth-order valence-corrected chi connectivity index (χ4v) is 2.86. The van der Waals surface area contributed by atoms with Gasteiger partial charge in [0, 0.05) is 13.1 Å². The Kier molecular flexibility index (Phi) is 5.74. The number of nitrogens with two attached hydrogens (primary N) is 1. The Labute approximate surface area is 137 Å². The summed E-state index contributed by atoms with van der Waals surface area (Å²) in [5.41, 5.74) is 6.05. The third kappa shape index (κ3) is 3.71. The molecule has 23 heavy (non-hydrogen) atoms. The van der Waals surface area contributed by atoms with Crippen LogP contribution in [0.4, 0.5) is 0 Å². The highest BCUT2D eigenvalue weighted by molar-refractivity contribution is 5.84. The van der Waals surface area contributed by atoms with Crippen LogP contribution in [-0.2, 0) is 4.79 Å². The molecule has 0 saturated carbocycles. The highest BCUT2D eigenvalue weighted by atomic mass is 16.3. The summed E-state index contributed by atoms with van der Waals surface area (Å²) in [6, 6.07) is 13.8. The van der Waals surface area contributed by atoms with Crippen molar-refractivity contribution in [3.63, 3.8) is 0 Å². The lowest BCUT2D eigenvalue weighted by atomic mass is 9.81. The van der Waals surface area contributed by atoms with Gasteiger partial charge in [0.1, 0.15) is 0 Å². The van der Waals surface area contributed by atoms with Gasteiger partial charge in [-0.3, -0.25) is 4.79 Å². The van der Waals surface area contributed by atoms with Crippen LogP contribution in [0, 0.1) is 5.41 Å². The van der Waals surface area contributed by atoms with Gasteiger partial charge < -0.3 is 16.2 Å². The van der Waals surface area contributed by atoms with Crippen molar-refractivity contribution in [3.8, 4) is 0 Å². The van der Waals surface area contributed by atoms with Gasteiger partial charge in [0.05, 0.1) is 11.5 Å². The molecule has 0 spiro atoms. The molecule has 4 heteroatoms. The van der Waals surface area contributed by atoms with Crippen LogP contribution in [0.5, 0.6) is 0 Å². The molecule has 0 fully saturated rings. The van der Waals surface area contributed by atoms with Crippen molar-refractivity contribution >= 4 is 16.7 Å². The van der Waals surface area contributed by atoms with Gasteiger partial charge in [-0.1, -0.05) is 50.2 Å². The van der Waals surface area contributed by atoms with E-state index in [1.807, 2.05) is 56.3 Å². The molecule has 4 N–H and O–H groups in total. The van der Waals surface area contributed by atoms with Crippen LogP contribution in [0.15, 0.2) is 42.5 Å². The van der Waals surface area contributed by atoms with Crippen LogP contribution in [0.1, 0.15) is 38.4 Å². The predicted molar refractivity (Wildman–Crippen MR) is 94.0 cm³/mol. The van der Waals surface area contributed by atoms with Crippen molar-refractivity contribution in [3.05, 3.63) is 48.0 Å². The molecule has 0 aliphatic heterocycles. The summed E-state index contributed by atoms with van der Waals surface area (Å²) in [7, 11) is 0. The van der Waals surface area contributed by atoms with Gasteiger partial charge >= 0.3 is 0 Å². The van der Waals surface area contributed by atoms with Crippen LogP contribution < -0.4 is 11.1 Å². The average Bonchev–Trinajstić information content (AvgIpc) is 2.61. The van der Waals surface area contributed by atoms with E-state index in [0.717, 1.165) is 16.3 Å². The van der Waals surface area contributed by atoms with E-state index in [0.29, 0.717) is 19.4 Å². The highest BCUT2D eigenvalue weighted by Crippen LogP contribution is 2.25. The molecular weight excluding hydrogens is 288 g/mol. The summed E-state index contributed by atoms with van der Waals surface area (Å²) >= 11 is 0. The van der Waals surface area contributed by atoms with E-state index >= 15 is 0 Å². The molecule has 1 atom stereocenters. The minimum Gasteiger partial charge on any atom is -0.387 e. The monoisotopic (exact) mass is 314 g/mol. The average molecular weight is 314 g/mol. The summed E-state index contributed by atoms with van der Waals surface area (Å²) in [6.45, 7) is 4.45. The van der Waals surface area contributed by atoms with Gasteiger partial charge in [0.25, 0.3) is 0 Å². The number of hydrogen-bond acceptors (Lipinski definition) is 3. The summed E-state index contributed by atoms with van der Waals surface area (Å²) in [4.78, 5) is 12.4. The number of carbonyl (C=O) groups is 1. The first kappa shape index (κ1) is 17.4. The minimum absolute atomic E-state index is 0.0789. The molecule has 0 heterocycles. The number of rotatable bonds is 7. The van der Waals surface area contributed by atoms with E-state index in [4.69, 9.17) is 5.73 Å². The van der Waals surface area contributed by atoms with E-state index < -0.39 is 11.5 Å². The van der Waals surface area contributed by atoms with Gasteiger partial charge in [-0.05, 0) is 35.2 Å². The van der Waals surface area contributed by atoms with Crippen LogP contribution in [0.25, 0.3) is 10.8 Å². The summed E-state index contributed by atoms with van der Waals surface area (Å²) in [5.74, 6) is -0.0789. The Morgan fingerprint density at radius 3 is 2.43 bits per heavy atom. The molecule has 0 aliphatic rings. The maximum atomic E-state index is 12.4. The normalized spacial score (nSPS) is 13.0. The van der Waals surface area contributed by atoms with Crippen molar-refractivity contribution < 1.29 is 9.90 Å². The van der Waals surface area contributed by atoms with E-state index in [1.54, 1.807) is 0 Å². The van der Waals surface area contributed by atoms with Crippen molar-refractivity contribution in [2.24, 2.45) is 11.1 Å². The number of carbonyl (C=O) groups excluding carboxylic acids is 1. The van der Waals surface area contributed by atoms with Gasteiger partial charge in [-0.25, -0.2) is 0 Å². The Morgan fingerprint density at radius 2 is 1.83 bits per heavy atom. The van der Waals surface area contributed by atoms with Crippen molar-refractivity contribution in [2.75, 3.05) is 13.1 Å². The number of benzene rings is 2. The number of amides is 1. The first-order valence-corrected chi connectivity index (χ1v) is 8.21. The maximum Gasteiger partial charge on any atom is 0.227 e. The van der Waals surface area contributed by atoms with E-state index in [2.05, 4.69) is 5.32 Å². The molecule has 2 rings (SSSR count). The number of nitrogens with one attached hydrogen (secondary N) is 1. The summed E-state index contributed by atoms with van der Waals surface area (Å²) in [5, 5.41) is 15.4. The molecule has 0 aliphatic carbocycles. The molecule has 0 saturated heterocycles. The fourth-order valence-electron chi connectivity index (χ4n) is 2.86. The smallest absolute Gasteiger partial charge is 0.227 e. The lowest BCUT2D eigenvalue weighted by Gasteiger charge is -2.29. The molecule has 124 valence electrons. The van der Waals surface area contributed by atoms with Gasteiger partial charge in [0.15, 0.2) is 0 Å². The minimum atomic E-state index is -0.729. The molecule has 0 radical (unpaired) electrons. The Morgan fingerprint density at radius 1 is 1.17 bits per heavy atom. The molecule has 4 nitrogen and oxygen atoms in total. The summed E-state index contributed by atoms with van der Waals surface area (Å²) in [6.07, 6.45) is 0.656. The van der Waals surface area contributed by atoms with E-state index in [-0.39, 0.29) is 12.5 Å². The molecule has 0 aromatic heterocycles. The zero-order valence-electron chi connectivity index (χ0n) is 13.9. The zero-order valence-corrected chi connectivity index (χ0v) is 13.9. The largest absolute Gasteiger partial charge is 0.387 e. The van der Waals surface area contributed by atoms with Crippen molar-refractivity contribution in [1.82, 2.24) is 5.32 Å². The topological polar surface area (TPSA) is 75.4 Å². The predicted octanol–water partition coefficient (Wildman–Crippen LogP) is 2.75. The SMILES string of the molecule is CCC(CC)(CN)C(=O)NCC(O)c1ccc2ccccc2c1. The maximum absolute atomic E-state index is 12.4. The first-order valence-electron chi connectivity index (χ1n) is 8.21. The quantitative estimate of drug-likeness (QED) is 0.735. The molecule has 0 bridgehead atoms. The van der Waals surface area contributed by atoms with Crippen molar-refractivity contribution in [2.45, 2.75) is 32.8 Å². The Bertz CT molecular complexity index is 657. The van der Waals surface area contributed by atoms with Gasteiger partial charge in [0.2, 0.25) is 5.91 Å². The van der Waals surface area contributed by atoms with Crippen molar-refractivity contribution in [1.29, 1.82) is 0 Å². The first-order chi connectivity index (χ1) is 11.1. The number of aliphatic hydroxyl groups excluding tert-OH is 1. The van der Waals surface area contributed by atoms with E-state index in [9.17, 15) is 9.90 Å². The zero-order chi connectivity index (χ0) is 16.9. The molecule has 2 aromatic carbocycles. The Hall–Kier alpha value is -1.91. The lowest BCUT2D eigenvalue weighted by Crippen LogP contribution is -2.46. The second-order valence-corrected chi connectivity index (χ2v) is 6.02. The van der Waals surface area contributed by atoms with Gasteiger partial charge in [-0.15, -0.1) is 0 Å². The van der Waals surface area contributed by atoms with Gasteiger partial charge in [-0.2, -0.15) is 0 Å². The molecule has 1 unspecified atom stereocenters. The third-order valence-electron chi connectivity index (χ3n) is 4.84. The van der Waals surface area contributed by atoms with Crippen LogP contribution in [0.3, 0.4) is 0 Å². The third-order valence-corrected chi connectivity index (χ3v) is 4.84. The fraction of sp³-hybridized carbons (Fsp3) is 0.421. The van der Waals surface area contributed by atoms with Crippen LogP contribution >= 0.6 is 0 Å². The second kappa shape index (κ2) is 7.57. The number of fused-ring (bicyclic) bond motifs is 1. The van der Waals surface area contributed by atoms with Crippen LogP contribution in [-0.4, -0.2) is 24.1 Å². The molecular formula is C19H26N2O2. The number of aliphatic hydroxyl groups is 1. The standard InChI is InChI=1S/C19H26N2O2/c1-3-19(4-2,13-20)18(23)21-12-17(22)16-10-9-14-7-5-6-8-15(14)11-16/h5-11,17,22H,3-4,12-13,20H2,1-2H3,(H,21,23). The summed E-state index contributed by atoms with van der Waals surface area (Å²) < 4.78 is 0. The Balaban J connectivity index is 2.06. The molecule has 1 amide bonds.